The maximum atomic E-state index is 6.02. The molecular formula is C21H23IN4. The van der Waals surface area contributed by atoms with E-state index in [9.17, 15) is 0 Å². The number of aryl methyl sites for hydroxylation is 2. The minimum atomic E-state index is 0. The van der Waals surface area contributed by atoms with Crippen LogP contribution in [0.25, 0.3) is 11.3 Å². The van der Waals surface area contributed by atoms with E-state index in [1.807, 2.05) is 42.5 Å². The molecule has 1 heterocycles. The first kappa shape index (κ1) is 19.9. The van der Waals surface area contributed by atoms with Crippen molar-refractivity contribution in [3.05, 3.63) is 83.6 Å². The summed E-state index contributed by atoms with van der Waals surface area (Å²) in [5.74, 6) is 0.409. The summed E-state index contributed by atoms with van der Waals surface area (Å²) in [6.45, 7) is 4.69. The first-order valence-corrected chi connectivity index (χ1v) is 8.26. The van der Waals surface area contributed by atoms with Crippen molar-refractivity contribution in [1.82, 2.24) is 4.98 Å². The average molecular weight is 458 g/mol. The number of rotatable bonds is 4. The number of guanidine groups is 1. The molecule has 3 rings (SSSR count). The van der Waals surface area contributed by atoms with Crippen LogP contribution >= 0.6 is 24.0 Å². The van der Waals surface area contributed by atoms with E-state index in [1.165, 1.54) is 11.1 Å². The largest absolute Gasteiger partial charge is 0.370 e. The van der Waals surface area contributed by atoms with Crippen molar-refractivity contribution in [1.29, 1.82) is 0 Å². The lowest BCUT2D eigenvalue weighted by Gasteiger charge is -2.08. The zero-order valence-electron chi connectivity index (χ0n) is 14.9. The second-order valence-corrected chi connectivity index (χ2v) is 6.04. The van der Waals surface area contributed by atoms with Gasteiger partial charge in [-0.05, 0) is 60.9 Å². The van der Waals surface area contributed by atoms with Crippen LogP contribution in [0, 0.1) is 13.8 Å². The number of aliphatic imine (C=N–C) groups is 1. The van der Waals surface area contributed by atoms with Gasteiger partial charge in [-0.25, -0.2) is 4.99 Å². The smallest absolute Gasteiger partial charge is 0.193 e. The Kier molecular flexibility index (Phi) is 7.15. The monoisotopic (exact) mass is 458 g/mol. The molecule has 5 heteroatoms. The van der Waals surface area contributed by atoms with Gasteiger partial charge in [-0.2, -0.15) is 0 Å². The maximum Gasteiger partial charge on any atom is 0.193 e. The fourth-order valence-electron chi connectivity index (χ4n) is 2.55. The molecule has 0 amide bonds. The molecule has 134 valence electrons. The number of nitrogens with two attached hydrogens (primary N) is 1. The number of hydrogen-bond donors (Lipinski definition) is 2. The van der Waals surface area contributed by atoms with Crippen LogP contribution in [0.4, 0.5) is 5.69 Å². The molecule has 0 aliphatic carbocycles. The van der Waals surface area contributed by atoms with Crippen molar-refractivity contribution in [2.24, 2.45) is 10.7 Å². The number of nitrogens with one attached hydrogen (secondary N) is 1. The number of pyridine rings is 1. The number of aromatic nitrogens is 1. The van der Waals surface area contributed by atoms with Crippen molar-refractivity contribution in [2.75, 3.05) is 5.32 Å². The molecule has 26 heavy (non-hydrogen) atoms. The van der Waals surface area contributed by atoms with Gasteiger partial charge in [0.25, 0.3) is 0 Å². The summed E-state index contributed by atoms with van der Waals surface area (Å²) in [4.78, 5) is 8.82. The van der Waals surface area contributed by atoms with Crippen molar-refractivity contribution in [2.45, 2.75) is 20.4 Å². The molecule has 3 aromatic rings. The van der Waals surface area contributed by atoms with Crippen molar-refractivity contribution in [3.63, 3.8) is 0 Å². The molecule has 0 saturated heterocycles. The quantitative estimate of drug-likeness (QED) is 0.332. The number of anilines is 1. The third-order valence-electron chi connectivity index (χ3n) is 4.10. The highest BCUT2D eigenvalue weighted by Gasteiger charge is 2.01. The van der Waals surface area contributed by atoms with E-state index in [0.29, 0.717) is 12.5 Å². The second-order valence-electron chi connectivity index (χ2n) is 6.04. The molecule has 3 N–H and O–H groups in total. The molecule has 0 fully saturated rings. The van der Waals surface area contributed by atoms with Crippen molar-refractivity contribution in [3.8, 4) is 11.3 Å². The Morgan fingerprint density at radius 1 is 1.00 bits per heavy atom. The fourth-order valence-corrected chi connectivity index (χ4v) is 2.55. The minimum absolute atomic E-state index is 0. The van der Waals surface area contributed by atoms with Gasteiger partial charge in [0.05, 0.1) is 12.2 Å². The molecule has 4 nitrogen and oxygen atoms in total. The van der Waals surface area contributed by atoms with E-state index in [1.54, 1.807) is 6.20 Å². The number of benzene rings is 2. The van der Waals surface area contributed by atoms with Crippen LogP contribution in [0.5, 0.6) is 0 Å². The van der Waals surface area contributed by atoms with E-state index >= 15 is 0 Å². The zero-order valence-corrected chi connectivity index (χ0v) is 17.3. The van der Waals surface area contributed by atoms with E-state index in [4.69, 9.17) is 5.73 Å². The Balaban J connectivity index is 0.00000243. The summed E-state index contributed by atoms with van der Waals surface area (Å²) >= 11 is 0. The Hall–Kier alpha value is -2.41. The molecular weight excluding hydrogens is 435 g/mol. The van der Waals surface area contributed by atoms with Crippen LogP contribution in [0.1, 0.15) is 16.7 Å². The summed E-state index contributed by atoms with van der Waals surface area (Å²) in [5.41, 5.74) is 12.6. The lowest BCUT2D eigenvalue weighted by Crippen LogP contribution is -2.22. The van der Waals surface area contributed by atoms with Gasteiger partial charge in [0.2, 0.25) is 0 Å². The molecule has 0 saturated carbocycles. The predicted molar refractivity (Wildman–Crippen MR) is 120 cm³/mol. The highest BCUT2D eigenvalue weighted by molar-refractivity contribution is 14.0. The van der Waals surface area contributed by atoms with Gasteiger partial charge in [-0.15, -0.1) is 24.0 Å². The summed E-state index contributed by atoms with van der Waals surface area (Å²) in [5, 5.41) is 3.14. The lowest BCUT2D eigenvalue weighted by atomic mass is 10.1. The van der Waals surface area contributed by atoms with Gasteiger partial charge in [0, 0.05) is 17.4 Å². The normalized spacial score (nSPS) is 10.9. The molecule has 0 aliphatic heterocycles. The highest BCUT2D eigenvalue weighted by atomic mass is 127. The predicted octanol–water partition coefficient (Wildman–Crippen LogP) is 4.91. The third-order valence-corrected chi connectivity index (χ3v) is 4.10. The second kappa shape index (κ2) is 9.33. The van der Waals surface area contributed by atoms with Gasteiger partial charge in [-0.1, -0.05) is 30.3 Å². The molecule has 2 aromatic carbocycles. The molecule has 0 atom stereocenters. The van der Waals surface area contributed by atoms with Crippen LogP contribution in [0.15, 0.2) is 71.9 Å². The van der Waals surface area contributed by atoms with Crippen LogP contribution in [-0.2, 0) is 6.54 Å². The summed E-state index contributed by atoms with van der Waals surface area (Å²) < 4.78 is 0. The molecule has 0 aliphatic rings. The van der Waals surface area contributed by atoms with Gasteiger partial charge in [-0.3, -0.25) is 4.98 Å². The highest BCUT2D eigenvalue weighted by Crippen LogP contribution is 2.18. The summed E-state index contributed by atoms with van der Waals surface area (Å²) in [7, 11) is 0. The Morgan fingerprint density at radius 3 is 2.58 bits per heavy atom. The number of nitrogens with zero attached hydrogens (tertiary/aromatic N) is 2. The van der Waals surface area contributed by atoms with Gasteiger partial charge >= 0.3 is 0 Å². The van der Waals surface area contributed by atoms with Crippen LogP contribution in [0.2, 0.25) is 0 Å². The molecule has 1 aromatic heterocycles. The molecule has 0 bridgehead atoms. The van der Waals surface area contributed by atoms with E-state index in [0.717, 1.165) is 22.5 Å². The first-order valence-electron chi connectivity index (χ1n) is 8.26. The van der Waals surface area contributed by atoms with Gasteiger partial charge in [0.1, 0.15) is 0 Å². The van der Waals surface area contributed by atoms with E-state index in [2.05, 4.69) is 47.3 Å². The SMILES string of the molecule is Cc1ccc(NC(N)=NCc2cccc(-c3ccccn3)c2)cc1C.I. The Morgan fingerprint density at radius 2 is 1.85 bits per heavy atom. The first-order chi connectivity index (χ1) is 12.1. The molecule has 0 radical (unpaired) electrons. The van der Waals surface area contributed by atoms with E-state index in [-0.39, 0.29) is 24.0 Å². The number of halogens is 1. The number of hydrogen-bond acceptors (Lipinski definition) is 2. The fraction of sp³-hybridized carbons (Fsp3) is 0.143. The summed E-state index contributed by atoms with van der Waals surface area (Å²) in [6, 6.07) is 20.2. The van der Waals surface area contributed by atoms with Gasteiger partial charge < -0.3 is 11.1 Å². The van der Waals surface area contributed by atoms with Crippen molar-refractivity contribution < 1.29 is 0 Å². The van der Waals surface area contributed by atoms with Crippen molar-refractivity contribution >= 4 is 35.6 Å². The maximum absolute atomic E-state index is 6.02. The minimum Gasteiger partial charge on any atom is -0.370 e. The Bertz CT molecular complexity index is 892. The topological polar surface area (TPSA) is 63.3 Å². The average Bonchev–Trinajstić information content (AvgIpc) is 2.64. The van der Waals surface area contributed by atoms with Crippen LogP contribution in [-0.4, -0.2) is 10.9 Å². The van der Waals surface area contributed by atoms with E-state index < -0.39 is 0 Å². The molecule has 0 spiro atoms. The third kappa shape index (κ3) is 5.29. The van der Waals surface area contributed by atoms with Crippen LogP contribution in [0.3, 0.4) is 0 Å². The standard InChI is InChI=1S/C21H22N4.HI/c1-15-9-10-19(12-16(15)2)25-21(22)24-14-17-6-5-7-18(13-17)20-8-3-4-11-23-20;/h3-13H,14H2,1-2H3,(H3,22,24,25);1H. The van der Waals surface area contributed by atoms with Gasteiger partial charge in [0.15, 0.2) is 5.96 Å². The molecule has 0 unspecified atom stereocenters. The zero-order chi connectivity index (χ0) is 17.6. The summed E-state index contributed by atoms with van der Waals surface area (Å²) in [6.07, 6.45) is 1.80. The lowest BCUT2D eigenvalue weighted by molar-refractivity contribution is 1.06. The van der Waals surface area contributed by atoms with Crippen LogP contribution < -0.4 is 11.1 Å². The Labute approximate surface area is 171 Å².